The van der Waals surface area contributed by atoms with Crippen molar-refractivity contribution in [1.29, 1.82) is 0 Å². The van der Waals surface area contributed by atoms with Crippen molar-refractivity contribution in [2.75, 3.05) is 31.3 Å². The number of ether oxygens (including phenoxy) is 1. The van der Waals surface area contributed by atoms with Gasteiger partial charge in [0.1, 0.15) is 0 Å². The van der Waals surface area contributed by atoms with Gasteiger partial charge in [-0.15, -0.1) is 0 Å². The summed E-state index contributed by atoms with van der Waals surface area (Å²) in [5, 5.41) is 8.48. The molecule has 1 N–H and O–H groups in total. The molecule has 0 rings (SSSR count). The highest BCUT2D eigenvalue weighted by molar-refractivity contribution is 7.99. The Labute approximate surface area is 98.8 Å². The van der Waals surface area contributed by atoms with E-state index in [1.165, 1.54) is 44.3 Å². The zero-order valence-electron chi connectivity index (χ0n) is 10.0. The fourth-order valence-electron chi connectivity index (χ4n) is 1.37. The molecule has 0 bridgehead atoms. The molecule has 0 aromatic carbocycles. The van der Waals surface area contributed by atoms with Gasteiger partial charge in [-0.1, -0.05) is 39.0 Å². The van der Waals surface area contributed by atoms with Crippen molar-refractivity contribution < 1.29 is 9.84 Å². The highest BCUT2D eigenvalue weighted by atomic mass is 32.2. The Morgan fingerprint density at radius 3 is 2.40 bits per heavy atom. The van der Waals surface area contributed by atoms with Gasteiger partial charge in [0.05, 0.1) is 19.8 Å². The van der Waals surface area contributed by atoms with Crippen LogP contribution in [0.25, 0.3) is 0 Å². The fourth-order valence-corrected chi connectivity index (χ4v) is 2.22. The SMILES string of the molecule is CCCCCCCCSCCOCCO. The van der Waals surface area contributed by atoms with Crippen molar-refractivity contribution in [3.05, 3.63) is 0 Å². The maximum Gasteiger partial charge on any atom is 0.0698 e. The van der Waals surface area contributed by atoms with Crippen molar-refractivity contribution >= 4 is 11.8 Å². The Hall–Kier alpha value is 0.270. The largest absolute Gasteiger partial charge is 0.394 e. The van der Waals surface area contributed by atoms with Gasteiger partial charge in [-0.2, -0.15) is 11.8 Å². The van der Waals surface area contributed by atoms with Crippen LogP contribution in [0.15, 0.2) is 0 Å². The van der Waals surface area contributed by atoms with Crippen LogP contribution in [-0.4, -0.2) is 36.4 Å². The predicted octanol–water partition coefficient (Wildman–Crippen LogP) is 3.09. The smallest absolute Gasteiger partial charge is 0.0698 e. The summed E-state index contributed by atoms with van der Waals surface area (Å²) in [6.07, 6.45) is 8.24. The molecule has 0 saturated carbocycles. The van der Waals surface area contributed by atoms with E-state index in [1.807, 2.05) is 11.8 Å². The van der Waals surface area contributed by atoms with Gasteiger partial charge in [-0.25, -0.2) is 0 Å². The normalized spacial score (nSPS) is 10.8. The molecule has 3 heteroatoms. The van der Waals surface area contributed by atoms with Gasteiger partial charge in [0.2, 0.25) is 0 Å². The van der Waals surface area contributed by atoms with Gasteiger partial charge in [0.15, 0.2) is 0 Å². The lowest BCUT2D eigenvalue weighted by molar-refractivity contribution is 0.103. The van der Waals surface area contributed by atoms with Gasteiger partial charge in [0.25, 0.3) is 0 Å². The Morgan fingerprint density at radius 2 is 1.67 bits per heavy atom. The molecule has 0 unspecified atom stereocenters. The standard InChI is InChI=1S/C12H26O2S/c1-2-3-4-5-6-7-11-15-12-10-14-9-8-13/h13H,2-12H2,1H3. The number of hydrogen-bond donors (Lipinski definition) is 1. The van der Waals surface area contributed by atoms with E-state index in [-0.39, 0.29) is 6.61 Å². The summed E-state index contributed by atoms with van der Waals surface area (Å²) in [4.78, 5) is 0. The van der Waals surface area contributed by atoms with Gasteiger partial charge < -0.3 is 9.84 Å². The van der Waals surface area contributed by atoms with Crippen LogP contribution in [0.1, 0.15) is 45.4 Å². The second-order valence-corrected chi connectivity index (χ2v) is 4.94. The highest BCUT2D eigenvalue weighted by Crippen LogP contribution is 2.09. The van der Waals surface area contributed by atoms with Crippen molar-refractivity contribution in [3.63, 3.8) is 0 Å². The van der Waals surface area contributed by atoms with E-state index in [1.54, 1.807) is 0 Å². The third kappa shape index (κ3) is 14.3. The molecule has 0 aliphatic carbocycles. The van der Waals surface area contributed by atoms with E-state index in [0.717, 1.165) is 12.4 Å². The summed E-state index contributed by atoms with van der Waals surface area (Å²) >= 11 is 1.96. The molecule has 0 saturated heterocycles. The number of thioether (sulfide) groups is 1. The van der Waals surface area contributed by atoms with E-state index in [9.17, 15) is 0 Å². The van der Waals surface area contributed by atoms with E-state index in [4.69, 9.17) is 9.84 Å². The van der Waals surface area contributed by atoms with Gasteiger partial charge in [0, 0.05) is 5.75 Å². The average molecular weight is 234 g/mol. The number of rotatable bonds is 12. The Balaban J connectivity index is 2.81. The molecule has 0 aliphatic heterocycles. The van der Waals surface area contributed by atoms with Crippen LogP contribution in [0, 0.1) is 0 Å². The first kappa shape index (κ1) is 15.3. The molecule has 92 valence electrons. The maximum absolute atomic E-state index is 8.48. The minimum absolute atomic E-state index is 0.141. The summed E-state index contributed by atoms with van der Waals surface area (Å²) in [7, 11) is 0. The van der Waals surface area contributed by atoms with Gasteiger partial charge in [-0.05, 0) is 12.2 Å². The molecular weight excluding hydrogens is 208 g/mol. The van der Waals surface area contributed by atoms with Crippen molar-refractivity contribution in [1.82, 2.24) is 0 Å². The lowest BCUT2D eigenvalue weighted by atomic mass is 10.1. The van der Waals surface area contributed by atoms with Crippen molar-refractivity contribution in [3.8, 4) is 0 Å². The van der Waals surface area contributed by atoms with E-state index in [0.29, 0.717) is 6.61 Å². The summed E-state index contributed by atoms with van der Waals surface area (Å²) < 4.78 is 5.17. The van der Waals surface area contributed by atoms with E-state index < -0.39 is 0 Å². The molecule has 0 heterocycles. The number of aliphatic hydroxyl groups is 1. The molecule has 0 aromatic rings. The first-order valence-electron chi connectivity index (χ1n) is 6.18. The summed E-state index contributed by atoms with van der Waals surface area (Å²) in [5.74, 6) is 2.32. The minimum atomic E-state index is 0.141. The van der Waals surface area contributed by atoms with Crippen LogP contribution in [0.2, 0.25) is 0 Å². The third-order valence-electron chi connectivity index (χ3n) is 2.25. The Kier molecular flexibility index (Phi) is 14.5. The Bertz CT molecular complexity index is 97.8. The lowest BCUT2D eigenvalue weighted by Gasteiger charge is -2.02. The molecule has 0 aliphatic rings. The number of aliphatic hydroxyl groups excluding tert-OH is 1. The van der Waals surface area contributed by atoms with Crippen LogP contribution in [0.5, 0.6) is 0 Å². The molecule has 0 atom stereocenters. The molecule has 0 radical (unpaired) electrons. The maximum atomic E-state index is 8.48. The molecule has 0 amide bonds. The monoisotopic (exact) mass is 234 g/mol. The molecule has 2 nitrogen and oxygen atoms in total. The topological polar surface area (TPSA) is 29.5 Å². The zero-order chi connectivity index (χ0) is 11.2. The quantitative estimate of drug-likeness (QED) is 0.526. The van der Waals surface area contributed by atoms with Crippen LogP contribution in [-0.2, 0) is 4.74 Å². The fraction of sp³-hybridized carbons (Fsp3) is 1.00. The predicted molar refractivity (Wildman–Crippen MR) is 68.6 cm³/mol. The van der Waals surface area contributed by atoms with Crippen LogP contribution < -0.4 is 0 Å². The van der Waals surface area contributed by atoms with E-state index in [2.05, 4.69) is 6.92 Å². The summed E-state index contributed by atoms with van der Waals surface area (Å²) in [5.41, 5.74) is 0. The molecule has 0 spiro atoms. The number of unbranched alkanes of at least 4 members (excludes halogenated alkanes) is 5. The van der Waals surface area contributed by atoms with E-state index >= 15 is 0 Å². The van der Waals surface area contributed by atoms with Gasteiger partial charge >= 0.3 is 0 Å². The molecule has 0 fully saturated rings. The first-order chi connectivity index (χ1) is 7.41. The third-order valence-corrected chi connectivity index (χ3v) is 3.28. The molecular formula is C12H26O2S. The number of hydrogen-bond acceptors (Lipinski definition) is 3. The summed E-state index contributed by atoms with van der Waals surface area (Å²) in [6.45, 7) is 3.66. The highest BCUT2D eigenvalue weighted by Gasteiger charge is 1.92. The first-order valence-corrected chi connectivity index (χ1v) is 7.33. The van der Waals surface area contributed by atoms with Crippen LogP contribution in [0.3, 0.4) is 0 Å². The van der Waals surface area contributed by atoms with Crippen LogP contribution >= 0.6 is 11.8 Å². The molecule has 15 heavy (non-hydrogen) atoms. The minimum Gasteiger partial charge on any atom is -0.394 e. The zero-order valence-corrected chi connectivity index (χ0v) is 10.9. The van der Waals surface area contributed by atoms with Crippen LogP contribution in [0.4, 0.5) is 0 Å². The van der Waals surface area contributed by atoms with Crippen molar-refractivity contribution in [2.45, 2.75) is 45.4 Å². The summed E-state index contributed by atoms with van der Waals surface area (Å²) in [6, 6.07) is 0. The second kappa shape index (κ2) is 14.3. The lowest BCUT2D eigenvalue weighted by Crippen LogP contribution is -2.02. The average Bonchev–Trinajstić information content (AvgIpc) is 2.26. The Morgan fingerprint density at radius 1 is 0.933 bits per heavy atom. The van der Waals surface area contributed by atoms with Gasteiger partial charge in [-0.3, -0.25) is 0 Å². The van der Waals surface area contributed by atoms with Crippen molar-refractivity contribution in [2.24, 2.45) is 0 Å². The molecule has 0 aromatic heterocycles. The second-order valence-electron chi connectivity index (χ2n) is 3.72.